The highest BCUT2D eigenvalue weighted by Crippen LogP contribution is 2.37. The van der Waals surface area contributed by atoms with Gasteiger partial charge in [0, 0.05) is 5.92 Å². The molecule has 0 amide bonds. The van der Waals surface area contributed by atoms with Gasteiger partial charge in [-0.05, 0) is 22.8 Å². The SMILES string of the molecule is CO/C(O)=C1\C(=O)OCC(c2ccccc2)C1=Cc1ccccc1. The summed E-state index contributed by atoms with van der Waals surface area (Å²) in [5.41, 5.74) is 2.70. The molecule has 0 aliphatic carbocycles. The highest BCUT2D eigenvalue weighted by Gasteiger charge is 2.34. The van der Waals surface area contributed by atoms with Crippen LogP contribution in [0.4, 0.5) is 0 Å². The predicted octanol–water partition coefficient (Wildman–Crippen LogP) is 3.83. The molecule has 24 heavy (non-hydrogen) atoms. The number of cyclic esters (lactones) is 1. The first kappa shape index (κ1) is 15.9. The average Bonchev–Trinajstić information content (AvgIpc) is 2.63. The van der Waals surface area contributed by atoms with Gasteiger partial charge in [-0.1, -0.05) is 60.7 Å². The van der Waals surface area contributed by atoms with E-state index >= 15 is 0 Å². The first-order valence-corrected chi connectivity index (χ1v) is 7.67. The average molecular weight is 322 g/mol. The number of benzene rings is 2. The zero-order valence-corrected chi connectivity index (χ0v) is 13.3. The number of carbonyl (C=O) groups is 1. The van der Waals surface area contributed by atoms with Crippen LogP contribution >= 0.6 is 0 Å². The standard InChI is InChI=1S/C20H18O4/c1-23-19(21)18-16(12-14-8-4-2-5-9-14)17(13-24-20(18)22)15-10-6-3-7-11-15/h2-12,17,21H,13H2,1H3/b16-12?,19-18-. The van der Waals surface area contributed by atoms with E-state index in [0.717, 1.165) is 11.1 Å². The molecule has 0 radical (unpaired) electrons. The fourth-order valence-electron chi connectivity index (χ4n) is 2.79. The zero-order valence-electron chi connectivity index (χ0n) is 13.3. The van der Waals surface area contributed by atoms with Gasteiger partial charge < -0.3 is 14.6 Å². The van der Waals surface area contributed by atoms with E-state index in [0.29, 0.717) is 5.57 Å². The molecular formula is C20H18O4. The molecule has 4 heteroatoms. The molecule has 0 aromatic heterocycles. The van der Waals surface area contributed by atoms with Crippen LogP contribution in [0.2, 0.25) is 0 Å². The van der Waals surface area contributed by atoms with E-state index in [9.17, 15) is 9.90 Å². The van der Waals surface area contributed by atoms with Gasteiger partial charge in [-0.25, -0.2) is 4.79 Å². The van der Waals surface area contributed by atoms with Crippen LogP contribution in [-0.4, -0.2) is 24.8 Å². The summed E-state index contributed by atoms with van der Waals surface area (Å²) >= 11 is 0. The monoisotopic (exact) mass is 322 g/mol. The molecule has 2 aromatic carbocycles. The largest absolute Gasteiger partial charge is 0.480 e. The fraction of sp³-hybridized carbons (Fsp3) is 0.150. The molecule has 0 spiro atoms. The minimum absolute atomic E-state index is 0.0708. The van der Waals surface area contributed by atoms with Crippen LogP contribution in [-0.2, 0) is 14.3 Å². The number of hydrogen-bond acceptors (Lipinski definition) is 4. The Morgan fingerprint density at radius 3 is 2.38 bits per heavy atom. The number of aliphatic hydroxyl groups excluding tert-OH is 1. The van der Waals surface area contributed by atoms with Crippen molar-refractivity contribution in [1.82, 2.24) is 0 Å². The molecule has 0 bridgehead atoms. The van der Waals surface area contributed by atoms with Gasteiger partial charge in [0.25, 0.3) is 5.95 Å². The smallest absolute Gasteiger partial charge is 0.345 e. The third kappa shape index (κ3) is 3.18. The number of esters is 1. The van der Waals surface area contributed by atoms with Gasteiger partial charge in [0.2, 0.25) is 0 Å². The quantitative estimate of drug-likeness (QED) is 0.530. The third-order valence-corrected chi connectivity index (χ3v) is 3.98. The second kappa shape index (κ2) is 7.04. The highest BCUT2D eigenvalue weighted by molar-refractivity contribution is 5.97. The molecule has 1 fully saturated rings. The Balaban J connectivity index is 2.15. The van der Waals surface area contributed by atoms with Crippen molar-refractivity contribution in [3.63, 3.8) is 0 Å². The van der Waals surface area contributed by atoms with E-state index < -0.39 is 11.9 Å². The Morgan fingerprint density at radius 1 is 1.12 bits per heavy atom. The van der Waals surface area contributed by atoms with E-state index in [4.69, 9.17) is 9.47 Å². The lowest BCUT2D eigenvalue weighted by Gasteiger charge is -2.27. The summed E-state index contributed by atoms with van der Waals surface area (Å²) in [6, 6.07) is 19.4. The maximum Gasteiger partial charge on any atom is 0.345 e. The number of methoxy groups -OCH3 is 1. The number of aliphatic hydroxyl groups is 1. The van der Waals surface area contributed by atoms with Crippen molar-refractivity contribution in [2.75, 3.05) is 13.7 Å². The molecule has 1 saturated heterocycles. The molecule has 3 rings (SSSR count). The van der Waals surface area contributed by atoms with Crippen LogP contribution in [0.5, 0.6) is 0 Å². The molecule has 1 aliphatic rings. The second-order valence-corrected chi connectivity index (χ2v) is 5.46. The summed E-state index contributed by atoms with van der Waals surface area (Å²) in [7, 11) is 1.32. The van der Waals surface area contributed by atoms with Crippen molar-refractivity contribution in [3.05, 3.63) is 88.9 Å². The molecule has 1 N–H and O–H groups in total. The Morgan fingerprint density at radius 2 is 1.75 bits per heavy atom. The summed E-state index contributed by atoms with van der Waals surface area (Å²) in [5.74, 6) is -1.18. The second-order valence-electron chi connectivity index (χ2n) is 5.46. The minimum atomic E-state index is -0.580. The molecule has 0 saturated carbocycles. The Hall–Kier alpha value is -3.01. The topological polar surface area (TPSA) is 55.8 Å². The summed E-state index contributed by atoms with van der Waals surface area (Å²) in [4.78, 5) is 12.2. The molecule has 1 heterocycles. The van der Waals surface area contributed by atoms with Gasteiger partial charge in [-0.2, -0.15) is 0 Å². The van der Waals surface area contributed by atoms with E-state index in [2.05, 4.69) is 0 Å². The van der Waals surface area contributed by atoms with Crippen molar-refractivity contribution < 1.29 is 19.4 Å². The number of ether oxygens (including phenoxy) is 2. The van der Waals surface area contributed by atoms with Gasteiger partial charge in [-0.15, -0.1) is 0 Å². The molecule has 1 atom stereocenters. The molecule has 1 unspecified atom stereocenters. The number of hydrogen-bond donors (Lipinski definition) is 1. The van der Waals surface area contributed by atoms with Crippen molar-refractivity contribution in [3.8, 4) is 0 Å². The molecule has 122 valence electrons. The summed E-state index contributed by atoms with van der Waals surface area (Å²) in [6.45, 7) is 0.224. The molecular weight excluding hydrogens is 304 g/mol. The normalized spacial score (nSPS) is 21.3. The van der Waals surface area contributed by atoms with Gasteiger partial charge >= 0.3 is 5.97 Å². The van der Waals surface area contributed by atoms with E-state index in [1.807, 2.05) is 66.7 Å². The van der Waals surface area contributed by atoms with Crippen LogP contribution < -0.4 is 0 Å². The van der Waals surface area contributed by atoms with Crippen molar-refractivity contribution in [1.29, 1.82) is 0 Å². The lowest BCUT2D eigenvalue weighted by Crippen LogP contribution is -2.27. The molecule has 2 aromatic rings. The number of rotatable bonds is 3. The van der Waals surface area contributed by atoms with Gasteiger partial charge in [-0.3, -0.25) is 0 Å². The Labute approximate surface area is 140 Å². The first-order chi connectivity index (χ1) is 11.7. The minimum Gasteiger partial charge on any atom is -0.480 e. The van der Waals surface area contributed by atoms with E-state index in [1.54, 1.807) is 0 Å². The van der Waals surface area contributed by atoms with Crippen LogP contribution in [0.3, 0.4) is 0 Å². The van der Waals surface area contributed by atoms with E-state index in [-0.39, 0.29) is 18.1 Å². The maximum absolute atomic E-state index is 12.2. The molecule has 1 aliphatic heterocycles. The van der Waals surface area contributed by atoms with Gasteiger partial charge in [0.1, 0.15) is 12.2 Å². The van der Waals surface area contributed by atoms with Crippen LogP contribution in [0.1, 0.15) is 17.0 Å². The van der Waals surface area contributed by atoms with Crippen molar-refractivity contribution in [2.45, 2.75) is 5.92 Å². The lowest BCUT2D eigenvalue weighted by molar-refractivity contribution is -0.141. The highest BCUT2D eigenvalue weighted by atomic mass is 16.6. The Bertz CT molecular complexity index is 776. The van der Waals surface area contributed by atoms with Gasteiger partial charge in [0.15, 0.2) is 0 Å². The van der Waals surface area contributed by atoms with Gasteiger partial charge in [0.05, 0.1) is 7.11 Å². The summed E-state index contributed by atoms with van der Waals surface area (Å²) in [5, 5.41) is 10.1. The third-order valence-electron chi connectivity index (χ3n) is 3.98. The van der Waals surface area contributed by atoms with Crippen LogP contribution in [0.15, 0.2) is 77.8 Å². The van der Waals surface area contributed by atoms with Crippen LogP contribution in [0, 0.1) is 0 Å². The number of carbonyl (C=O) groups excluding carboxylic acids is 1. The van der Waals surface area contributed by atoms with E-state index in [1.165, 1.54) is 7.11 Å². The maximum atomic E-state index is 12.2. The Kier molecular flexibility index (Phi) is 4.66. The van der Waals surface area contributed by atoms with Crippen molar-refractivity contribution >= 4 is 12.0 Å². The first-order valence-electron chi connectivity index (χ1n) is 7.67. The summed E-state index contributed by atoms with van der Waals surface area (Å²) in [6.07, 6.45) is 1.89. The fourth-order valence-corrected chi connectivity index (χ4v) is 2.79. The zero-order chi connectivity index (χ0) is 16.9. The lowest BCUT2D eigenvalue weighted by atomic mass is 9.84. The molecule has 4 nitrogen and oxygen atoms in total. The van der Waals surface area contributed by atoms with Crippen molar-refractivity contribution in [2.24, 2.45) is 0 Å². The predicted molar refractivity (Wildman–Crippen MR) is 91.2 cm³/mol. The summed E-state index contributed by atoms with van der Waals surface area (Å²) < 4.78 is 10.2. The van der Waals surface area contributed by atoms with Crippen LogP contribution in [0.25, 0.3) is 6.08 Å².